The van der Waals surface area contributed by atoms with Gasteiger partial charge in [-0.1, -0.05) is 38.1 Å². The number of aromatic nitrogens is 1. The zero-order valence-electron chi connectivity index (χ0n) is 23.2. The quantitative estimate of drug-likeness (QED) is 0.479. The maximum Gasteiger partial charge on any atom is 0.253 e. The molecule has 1 unspecified atom stereocenters. The second kappa shape index (κ2) is 9.82. The van der Waals surface area contributed by atoms with Gasteiger partial charge >= 0.3 is 0 Å². The van der Waals surface area contributed by atoms with Crippen LogP contribution in [0.5, 0.6) is 0 Å². The molecular formula is C33H38N4O2. The van der Waals surface area contributed by atoms with Gasteiger partial charge in [0.05, 0.1) is 6.04 Å². The average Bonchev–Trinajstić information content (AvgIpc) is 3.47. The highest BCUT2D eigenvalue weighted by atomic mass is 16.2. The van der Waals surface area contributed by atoms with Crippen LogP contribution in [0, 0.1) is 12.3 Å². The highest BCUT2D eigenvalue weighted by Crippen LogP contribution is 2.46. The largest absolute Gasteiger partial charge is 0.371 e. The molecule has 2 fully saturated rings. The van der Waals surface area contributed by atoms with Gasteiger partial charge in [-0.2, -0.15) is 0 Å². The second-order valence-corrected chi connectivity index (χ2v) is 12.4. The van der Waals surface area contributed by atoms with Crippen molar-refractivity contribution in [2.75, 3.05) is 31.1 Å². The van der Waals surface area contributed by atoms with Crippen LogP contribution in [0.15, 0.2) is 67.0 Å². The highest BCUT2D eigenvalue weighted by molar-refractivity contribution is 5.96. The summed E-state index contributed by atoms with van der Waals surface area (Å²) in [6.07, 6.45) is 7.79. The van der Waals surface area contributed by atoms with E-state index < -0.39 is 0 Å². The molecule has 2 aliphatic heterocycles. The Morgan fingerprint density at radius 3 is 2.41 bits per heavy atom. The van der Waals surface area contributed by atoms with Crippen molar-refractivity contribution < 1.29 is 9.59 Å². The molecule has 2 saturated heterocycles. The SMILES string of the molecule is Cc1ccccc1C(=O)NC1CC(C)(C)c2ccc(C(=O)N3CCC4(CCN(c5ccncc5)CC4)C3)cc21. The number of carbonyl (C=O) groups excluding carboxylic acids is 2. The van der Waals surface area contributed by atoms with E-state index in [1.165, 1.54) is 11.3 Å². The number of rotatable bonds is 4. The molecule has 3 aromatic rings. The summed E-state index contributed by atoms with van der Waals surface area (Å²) in [6.45, 7) is 10.1. The third-order valence-electron chi connectivity index (χ3n) is 9.39. The van der Waals surface area contributed by atoms with Crippen LogP contribution >= 0.6 is 0 Å². The summed E-state index contributed by atoms with van der Waals surface area (Å²) >= 11 is 0. The van der Waals surface area contributed by atoms with Gasteiger partial charge in [-0.05, 0) is 90.5 Å². The van der Waals surface area contributed by atoms with Crippen molar-refractivity contribution in [1.82, 2.24) is 15.2 Å². The number of aryl methyl sites for hydroxylation is 1. The number of hydrogen-bond donors (Lipinski definition) is 1. The van der Waals surface area contributed by atoms with Crippen molar-refractivity contribution in [2.24, 2.45) is 5.41 Å². The lowest BCUT2D eigenvalue weighted by Gasteiger charge is -2.40. The minimum Gasteiger partial charge on any atom is -0.371 e. The maximum absolute atomic E-state index is 13.7. The van der Waals surface area contributed by atoms with Crippen LogP contribution in [0.4, 0.5) is 5.69 Å². The molecule has 6 heteroatoms. The topological polar surface area (TPSA) is 65.5 Å². The van der Waals surface area contributed by atoms with E-state index in [0.717, 1.165) is 68.6 Å². The number of nitrogens with zero attached hydrogens (tertiary/aromatic N) is 3. The molecule has 39 heavy (non-hydrogen) atoms. The minimum atomic E-state index is -0.114. The van der Waals surface area contributed by atoms with E-state index in [0.29, 0.717) is 5.56 Å². The molecule has 0 radical (unpaired) electrons. The lowest BCUT2D eigenvalue weighted by molar-refractivity contribution is 0.0764. The van der Waals surface area contributed by atoms with Gasteiger partial charge in [-0.3, -0.25) is 14.6 Å². The number of fused-ring (bicyclic) bond motifs is 1. The zero-order valence-corrected chi connectivity index (χ0v) is 23.2. The molecule has 1 aliphatic carbocycles. The number of piperidine rings is 1. The van der Waals surface area contributed by atoms with Gasteiger partial charge in [-0.25, -0.2) is 0 Å². The van der Waals surface area contributed by atoms with Crippen LogP contribution in [0.25, 0.3) is 0 Å². The zero-order chi connectivity index (χ0) is 27.2. The first-order valence-corrected chi connectivity index (χ1v) is 14.2. The van der Waals surface area contributed by atoms with E-state index in [1.54, 1.807) is 0 Å². The molecule has 0 saturated carbocycles. The summed E-state index contributed by atoms with van der Waals surface area (Å²) in [7, 11) is 0. The average molecular weight is 523 g/mol. The van der Waals surface area contributed by atoms with Gasteiger partial charge in [0, 0.05) is 55.4 Å². The van der Waals surface area contributed by atoms with Gasteiger partial charge in [0.15, 0.2) is 0 Å². The van der Waals surface area contributed by atoms with E-state index in [1.807, 2.05) is 55.7 Å². The molecule has 2 amide bonds. The maximum atomic E-state index is 13.7. The number of amides is 2. The molecule has 6 nitrogen and oxygen atoms in total. The summed E-state index contributed by atoms with van der Waals surface area (Å²) < 4.78 is 0. The number of anilines is 1. The van der Waals surface area contributed by atoms with Gasteiger partial charge in [0.25, 0.3) is 11.8 Å². The third kappa shape index (κ3) is 4.81. The predicted octanol–water partition coefficient (Wildman–Crippen LogP) is 5.68. The molecule has 1 atom stereocenters. The normalized spacial score (nSPS) is 21.2. The smallest absolute Gasteiger partial charge is 0.253 e. The van der Waals surface area contributed by atoms with Crippen LogP contribution in [0.1, 0.15) is 83.0 Å². The fraction of sp³-hybridized carbons (Fsp3) is 0.424. The number of pyridine rings is 1. The monoisotopic (exact) mass is 522 g/mol. The summed E-state index contributed by atoms with van der Waals surface area (Å²) in [5.41, 5.74) is 6.06. The first-order valence-electron chi connectivity index (χ1n) is 14.2. The molecule has 1 N–H and O–H groups in total. The first kappa shape index (κ1) is 25.6. The summed E-state index contributed by atoms with van der Waals surface area (Å²) in [5.74, 6) is 0.0537. The molecule has 6 rings (SSSR count). The lowest BCUT2D eigenvalue weighted by atomic mass is 9.77. The molecule has 202 valence electrons. The van der Waals surface area contributed by atoms with Gasteiger partial charge in [0.2, 0.25) is 0 Å². The Bertz CT molecular complexity index is 1390. The van der Waals surface area contributed by atoms with Crippen molar-refractivity contribution in [3.63, 3.8) is 0 Å². The van der Waals surface area contributed by atoms with Gasteiger partial charge in [0.1, 0.15) is 0 Å². The molecule has 3 aliphatic rings. The van der Waals surface area contributed by atoms with E-state index in [2.05, 4.69) is 52.1 Å². The number of hydrogen-bond acceptors (Lipinski definition) is 4. The van der Waals surface area contributed by atoms with Crippen molar-refractivity contribution in [1.29, 1.82) is 0 Å². The van der Waals surface area contributed by atoms with Crippen LogP contribution in [-0.2, 0) is 5.41 Å². The van der Waals surface area contributed by atoms with Gasteiger partial charge in [-0.15, -0.1) is 0 Å². The fourth-order valence-corrected chi connectivity index (χ4v) is 7.02. The Labute approximate surface area is 231 Å². The van der Waals surface area contributed by atoms with Crippen molar-refractivity contribution in [2.45, 2.75) is 57.9 Å². The summed E-state index contributed by atoms with van der Waals surface area (Å²) in [6, 6.07) is 17.9. The van der Waals surface area contributed by atoms with Crippen LogP contribution in [-0.4, -0.2) is 47.9 Å². The van der Waals surface area contributed by atoms with E-state index in [-0.39, 0.29) is 28.7 Å². The van der Waals surface area contributed by atoms with Crippen molar-refractivity contribution in [3.8, 4) is 0 Å². The van der Waals surface area contributed by atoms with Crippen LogP contribution in [0.2, 0.25) is 0 Å². The van der Waals surface area contributed by atoms with E-state index >= 15 is 0 Å². The van der Waals surface area contributed by atoms with Crippen molar-refractivity contribution in [3.05, 3.63) is 94.8 Å². The molecule has 2 aromatic carbocycles. The van der Waals surface area contributed by atoms with E-state index in [9.17, 15) is 9.59 Å². The molecule has 3 heterocycles. The van der Waals surface area contributed by atoms with E-state index in [4.69, 9.17) is 0 Å². The Morgan fingerprint density at radius 1 is 0.949 bits per heavy atom. The predicted molar refractivity (Wildman–Crippen MR) is 154 cm³/mol. The number of likely N-dealkylation sites (tertiary alicyclic amines) is 1. The molecular weight excluding hydrogens is 484 g/mol. The van der Waals surface area contributed by atoms with Crippen molar-refractivity contribution >= 4 is 17.5 Å². The van der Waals surface area contributed by atoms with Crippen LogP contribution in [0.3, 0.4) is 0 Å². The second-order valence-electron chi connectivity index (χ2n) is 12.4. The lowest BCUT2D eigenvalue weighted by Crippen LogP contribution is -2.42. The Kier molecular flexibility index (Phi) is 6.44. The highest BCUT2D eigenvalue weighted by Gasteiger charge is 2.43. The Morgan fingerprint density at radius 2 is 1.67 bits per heavy atom. The van der Waals surface area contributed by atoms with Gasteiger partial charge < -0.3 is 15.1 Å². The number of benzene rings is 2. The summed E-state index contributed by atoms with van der Waals surface area (Å²) in [5, 5.41) is 3.28. The summed E-state index contributed by atoms with van der Waals surface area (Å²) in [4.78, 5) is 35.5. The minimum absolute atomic E-state index is 0.0573. The first-order chi connectivity index (χ1) is 18.7. The third-order valence-corrected chi connectivity index (χ3v) is 9.39. The number of nitrogens with one attached hydrogen (secondary N) is 1. The van der Waals surface area contributed by atoms with Crippen LogP contribution < -0.4 is 10.2 Å². The molecule has 1 aromatic heterocycles. The standard InChI is InChI=1S/C33H38N4O2/c1-23-6-4-5-7-26(23)30(38)35-29-21-32(2,3)28-9-8-24(20-27(28)29)31(39)37-19-14-33(22-37)12-17-36(18-13-33)25-10-15-34-16-11-25/h4-11,15-16,20,29H,12-14,17-19,21-22H2,1-3H3,(H,35,38). The Hall–Kier alpha value is -3.67. The Balaban J connectivity index is 1.16. The fourth-order valence-electron chi connectivity index (χ4n) is 7.02. The molecule has 0 bridgehead atoms. The molecule has 1 spiro atoms. The number of carbonyl (C=O) groups is 2.